The van der Waals surface area contributed by atoms with E-state index in [1.807, 2.05) is 0 Å². The third-order valence-corrected chi connectivity index (χ3v) is 3.56. The molecule has 0 aromatic carbocycles. The Morgan fingerprint density at radius 3 is 2.87 bits per heavy atom. The Kier molecular flexibility index (Phi) is 3.61. The van der Waals surface area contributed by atoms with Crippen molar-refractivity contribution >= 4 is 0 Å². The van der Waals surface area contributed by atoms with Crippen LogP contribution < -0.4 is 0 Å². The number of morpholine rings is 1. The van der Waals surface area contributed by atoms with E-state index in [4.69, 9.17) is 4.74 Å². The number of hydrogen-bond donors (Lipinski definition) is 1. The van der Waals surface area contributed by atoms with Gasteiger partial charge in [-0.15, -0.1) is 0 Å². The van der Waals surface area contributed by atoms with Crippen LogP contribution in [-0.2, 0) is 4.74 Å². The number of nitrogens with zero attached hydrogens (tertiary/aromatic N) is 2. The maximum atomic E-state index is 9.40. The molecule has 0 aliphatic carbocycles. The Labute approximate surface area is 91.8 Å². The number of piperazine rings is 1. The largest absolute Gasteiger partial charge is 0.395 e. The second kappa shape index (κ2) is 4.78. The van der Waals surface area contributed by atoms with Crippen LogP contribution in [0.1, 0.15) is 13.8 Å². The lowest BCUT2D eigenvalue weighted by molar-refractivity contribution is -0.0796. The van der Waals surface area contributed by atoms with Crippen molar-refractivity contribution in [3.05, 3.63) is 0 Å². The zero-order chi connectivity index (χ0) is 10.8. The van der Waals surface area contributed by atoms with Crippen molar-refractivity contribution in [2.45, 2.75) is 32.0 Å². The van der Waals surface area contributed by atoms with Gasteiger partial charge in [0.25, 0.3) is 0 Å². The smallest absolute Gasteiger partial charge is 0.0634 e. The first-order valence-electron chi connectivity index (χ1n) is 5.90. The average Bonchev–Trinajstić information content (AvgIpc) is 2.27. The summed E-state index contributed by atoms with van der Waals surface area (Å²) in [6, 6.07) is 1.34. The predicted molar refractivity (Wildman–Crippen MR) is 58.9 cm³/mol. The van der Waals surface area contributed by atoms with Gasteiger partial charge in [-0.1, -0.05) is 0 Å². The molecule has 0 radical (unpaired) electrons. The highest BCUT2D eigenvalue weighted by Gasteiger charge is 2.35. The summed E-state index contributed by atoms with van der Waals surface area (Å²) in [5.74, 6) is 0. The van der Waals surface area contributed by atoms with Gasteiger partial charge in [0.2, 0.25) is 0 Å². The number of rotatable bonds is 2. The van der Waals surface area contributed by atoms with Crippen LogP contribution in [0.2, 0.25) is 0 Å². The Bertz CT molecular complexity index is 211. The molecule has 0 aromatic heterocycles. The third-order valence-electron chi connectivity index (χ3n) is 3.56. The molecule has 1 N–H and O–H groups in total. The van der Waals surface area contributed by atoms with Crippen LogP contribution in [0.4, 0.5) is 0 Å². The summed E-state index contributed by atoms with van der Waals surface area (Å²) in [4.78, 5) is 4.86. The lowest BCUT2D eigenvalue weighted by atomic mass is 10.0. The lowest BCUT2D eigenvalue weighted by Crippen LogP contribution is -2.64. The van der Waals surface area contributed by atoms with Crippen molar-refractivity contribution in [2.75, 3.05) is 39.5 Å². The summed E-state index contributed by atoms with van der Waals surface area (Å²) < 4.78 is 5.51. The van der Waals surface area contributed by atoms with Crippen LogP contribution in [0.25, 0.3) is 0 Å². The lowest BCUT2D eigenvalue weighted by Gasteiger charge is -2.49. The molecule has 2 atom stereocenters. The molecule has 4 nitrogen and oxygen atoms in total. The van der Waals surface area contributed by atoms with E-state index in [-0.39, 0.29) is 6.61 Å². The van der Waals surface area contributed by atoms with E-state index in [1.54, 1.807) is 0 Å². The van der Waals surface area contributed by atoms with E-state index in [9.17, 15) is 5.11 Å². The molecule has 4 heteroatoms. The first kappa shape index (κ1) is 11.3. The first-order chi connectivity index (χ1) is 7.22. The highest BCUT2D eigenvalue weighted by molar-refractivity contribution is 4.91. The van der Waals surface area contributed by atoms with E-state index in [2.05, 4.69) is 23.6 Å². The Balaban J connectivity index is 2.02. The van der Waals surface area contributed by atoms with Crippen molar-refractivity contribution in [1.29, 1.82) is 0 Å². The minimum absolute atomic E-state index is 0.266. The fourth-order valence-corrected chi connectivity index (χ4v) is 2.66. The fraction of sp³-hybridized carbons (Fsp3) is 1.00. The van der Waals surface area contributed by atoms with Gasteiger partial charge in [0.05, 0.1) is 19.8 Å². The first-order valence-corrected chi connectivity index (χ1v) is 5.90. The van der Waals surface area contributed by atoms with Crippen LogP contribution in [-0.4, -0.2) is 72.5 Å². The summed E-state index contributed by atoms with van der Waals surface area (Å²) in [6.07, 6.45) is 0. The van der Waals surface area contributed by atoms with Crippen molar-refractivity contribution in [3.8, 4) is 0 Å². The zero-order valence-corrected chi connectivity index (χ0v) is 9.72. The highest BCUT2D eigenvalue weighted by Crippen LogP contribution is 2.20. The maximum Gasteiger partial charge on any atom is 0.0634 e. The molecule has 2 rings (SSSR count). The number of aliphatic hydroxyl groups is 1. The van der Waals surface area contributed by atoms with E-state index < -0.39 is 0 Å². The van der Waals surface area contributed by atoms with Crippen LogP contribution >= 0.6 is 0 Å². The van der Waals surface area contributed by atoms with Crippen molar-refractivity contribution in [3.63, 3.8) is 0 Å². The summed E-state index contributed by atoms with van der Waals surface area (Å²) >= 11 is 0. The zero-order valence-electron chi connectivity index (χ0n) is 9.72. The van der Waals surface area contributed by atoms with Gasteiger partial charge < -0.3 is 9.84 Å². The van der Waals surface area contributed by atoms with Gasteiger partial charge in [-0.05, 0) is 13.8 Å². The number of aliphatic hydroxyl groups excluding tert-OH is 1. The second-order valence-electron chi connectivity index (χ2n) is 4.85. The SMILES string of the molecule is CC(C)N1CC2COCCN2C[C@@H]1CO. The Morgan fingerprint density at radius 2 is 2.20 bits per heavy atom. The van der Waals surface area contributed by atoms with Crippen molar-refractivity contribution in [2.24, 2.45) is 0 Å². The molecule has 0 aromatic rings. The fourth-order valence-electron chi connectivity index (χ4n) is 2.66. The molecular weight excluding hydrogens is 192 g/mol. The van der Waals surface area contributed by atoms with Gasteiger partial charge in [-0.2, -0.15) is 0 Å². The highest BCUT2D eigenvalue weighted by atomic mass is 16.5. The molecule has 0 saturated carbocycles. The standard InChI is InChI=1S/C11H22N2O2/c1-9(2)13-6-11-8-15-4-3-12(11)5-10(13)7-14/h9-11,14H,3-8H2,1-2H3/t10-,11?/m1/s1. The molecule has 0 spiro atoms. The topological polar surface area (TPSA) is 35.9 Å². The van der Waals surface area contributed by atoms with Crippen LogP contribution in [0.5, 0.6) is 0 Å². The molecule has 2 saturated heterocycles. The molecule has 88 valence electrons. The number of fused-ring (bicyclic) bond motifs is 1. The van der Waals surface area contributed by atoms with Gasteiger partial charge in [-0.3, -0.25) is 9.80 Å². The summed E-state index contributed by atoms with van der Waals surface area (Å²) in [6.45, 7) is 9.39. The Morgan fingerprint density at radius 1 is 1.40 bits per heavy atom. The van der Waals surface area contributed by atoms with Crippen molar-refractivity contribution in [1.82, 2.24) is 9.80 Å². The predicted octanol–water partition coefficient (Wildman–Crippen LogP) is -0.228. The minimum Gasteiger partial charge on any atom is -0.395 e. The molecule has 0 bridgehead atoms. The van der Waals surface area contributed by atoms with E-state index in [1.165, 1.54) is 0 Å². The molecule has 2 aliphatic heterocycles. The molecule has 2 fully saturated rings. The van der Waals surface area contributed by atoms with E-state index in [0.29, 0.717) is 18.1 Å². The van der Waals surface area contributed by atoms with Crippen molar-refractivity contribution < 1.29 is 9.84 Å². The Hall–Kier alpha value is -0.160. The van der Waals surface area contributed by atoms with E-state index in [0.717, 1.165) is 32.8 Å². The molecule has 15 heavy (non-hydrogen) atoms. The molecular formula is C11H22N2O2. The molecule has 0 amide bonds. The molecule has 2 aliphatic rings. The summed E-state index contributed by atoms with van der Waals surface area (Å²) in [5, 5.41) is 9.40. The summed E-state index contributed by atoms with van der Waals surface area (Å²) in [5.41, 5.74) is 0. The summed E-state index contributed by atoms with van der Waals surface area (Å²) in [7, 11) is 0. The molecule has 2 heterocycles. The van der Waals surface area contributed by atoms with Gasteiger partial charge in [0, 0.05) is 37.8 Å². The van der Waals surface area contributed by atoms with Gasteiger partial charge >= 0.3 is 0 Å². The maximum absolute atomic E-state index is 9.40. The average molecular weight is 214 g/mol. The number of hydrogen-bond acceptors (Lipinski definition) is 4. The van der Waals surface area contributed by atoms with Gasteiger partial charge in [0.15, 0.2) is 0 Å². The van der Waals surface area contributed by atoms with Gasteiger partial charge in [-0.25, -0.2) is 0 Å². The normalized spacial score (nSPS) is 34.4. The minimum atomic E-state index is 0.266. The monoisotopic (exact) mass is 214 g/mol. The van der Waals surface area contributed by atoms with Crippen LogP contribution in [0.3, 0.4) is 0 Å². The second-order valence-corrected chi connectivity index (χ2v) is 4.85. The van der Waals surface area contributed by atoms with Crippen LogP contribution in [0.15, 0.2) is 0 Å². The number of ether oxygens (including phenoxy) is 1. The van der Waals surface area contributed by atoms with Crippen LogP contribution in [0, 0.1) is 0 Å². The quantitative estimate of drug-likeness (QED) is 0.689. The van der Waals surface area contributed by atoms with E-state index >= 15 is 0 Å². The molecule has 1 unspecified atom stereocenters. The third kappa shape index (κ3) is 2.33. The van der Waals surface area contributed by atoms with Gasteiger partial charge in [0.1, 0.15) is 0 Å².